The third-order valence-electron chi connectivity index (χ3n) is 8.47. The predicted molar refractivity (Wildman–Crippen MR) is 160 cm³/mol. The summed E-state index contributed by atoms with van der Waals surface area (Å²) in [5.41, 5.74) is 11.2. The van der Waals surface area contributed by atoms with Crippen LogP contribution in [0.1, 0.15) is 36.1 Å². The van der Waals surface area contributed by atoms with Crippen LogP contribution < -0.4 is 0 Å². The number of para-hydroxylation sites is 2. The van der Waals surface area contributed by atoms with E-state index in [9.17, 15) is 5.26 Å². The average Bonchev–Trinajstić information content (AvgIpc) is 3.65. The van der Waals surface area contributed by atoms with Crippen LogP contribution in [0.15, 0.2) is 96.7 Å². The normalized spacial score (nSPS) is 15.4. The number of fused-ring (bicyclic) bond motifs is 8. The lowest BCUT2D eigenvalue weighted by Gasteiger charge is -2.32. The Bertz CT molecular complexity index is 2160. The molecule has 3 nitrogen and oxygen atoms in total. The summed E-state index contributed by atoms with van der Waals surface area (Å²) in [6.45, 7) is 12.3. The van der Waals surface area contributed by atoms with Crippen molar-refractivity contribution in [3.05, 3.63) is 130 Å². The third-order valence-corrected chi connectivity index (χ3v) is 9.64. The number of rotatable bonds is 1. The Balaban J connectivity index is 1.38. The van der Waals surface area contributed by atoms with Crippen molar-refractivity contribution < 1.29 is 0 Å². The molecule has 39 heavy (non-hydrogen) atoms. The summed E-state index contributed by atoms with van der Waals surface area (Å²) in [6.07, 6.45) is 0. The molecule has 0 radical (unpaired) electrons. The molecular weight excluding hydrogens is 494 g/mol. The summed E-state index contributed by atoms with van der Waals surface area (Å²) in [6, 6.07) is 34.5. The fourth-order valence-electron chi connectivity index (χ4n) is 6.63. The summed E-state index contributed by atoms with van der Waals surface area (Å²) in [7, 11) is 0. The molecule has 1 aliphatic heterocycles. The molecule has 0 amide bonds. The molecule has 1 aliphatic carbocycles. The van der Waals surface area contributed by atoms with Gasteiger partial charge in [-0.25, -0.2) is 10.1 Å². The summed E-state index contributed by atoms with van der Waals surface area (Å²) in [5, 5.41) is 13.6. The van der Waals surface area contributed by atoms with Crippen LogP contribution >= 0.6 is 11.3 Å². The first kappa shape index (κ1) is 22.1. The molecule has 0 unspecified atom stereocenters. The molecule has 6 aromatic rings. The highest BCUT2D eigenvalue weighted by molar-refractivity contribution is 7.18. The van der Waals surface area contributed by atoms with Gasteiger partial charge in [-0.1, -0.05) is 86.6 Å². The number of benzene rings is 4. The molecule has 3 heterocycles. The van der Waals surface area contributed by atoms with Crippen molar-refractivity contribution in [1.82, 2.24) is 4.57 Å². The number of nitriles is 1. The van der Waals surface area contributed by atoms with E-state index in [2.05, 4.69) is 102 Å². The van der Waals surface area contributed by atoms with Gasteiger partial charge in [-0.05, 0) is 57.1 Å². The van der Waals surface area contributed by atoms with Crippen molar-refractivity contribution in [2.75, 3.05) is 0 Å². The second kappa shape index (κ2) is 7.58. The number of thiophene rings is 1. The van der Waals surface area contributed by atoms with Gasteiger partial charge >= 0.3 is 0 Å². The zero-order valence-electron chi connectivity index (χ0n) is 21.4. The standard InChI is InChI=1S/C35H21N3S/c1-35(2)27-13-8-12-25-22-10-6-7-14-30(22)38(33(25)27)34-28(35)18-31(39-34)20-15-16-24-26(17-20)21-9-4-5-11-23(21)32(24)29(19-36)37-3/h4-18H,1-2H3/b32-29-. The van der Waals surface area contributed by atoms with Gasteiger partial charge in [0.05, 0.1) is 23.7 Å². The van der Waals surface area contributed by atoms with Gasteiger partial charge in [-0.2, -0.15) is 0 Å². The van der Waals surface area contributed by atoms with E-state index in [1.165, 1.54) is 42.8 Å². The molecule has 0 atom stereocenters. The van der Waals surface area contributed by atoms with Crippen LogP contribution in [0.25, 0.3) is 58.8 Å². The van der Waals surface area contributed by atoms with E-state index in [-0.39, 0.29) is 11.1 Å². The quantitative estimate of drug-likeness (QED) is 0.158. The van der Waals surface area contributed by atoms with Crippen LogP contribution in [0, 0.1) is 17.9 Å². The van der Waals surface area contributed by atoms with E-state index in [0.29, 0.717) is 0 Å². The van der Waals surface area contributed by atoms with Crippen LogP contribution in [0.3, 0.4) is 0 Å². The zero-order valence-corrected chi connectivity index (χ0v) is 22.2. The molecule has 0 saturated heterocycles. The van der Waals surface area contributed by atoms with Crippen molar-refractivity contribution in [3.8, 4) is 32.6 Å². The van der Waals surface area contributed by atoms with E-state index in [1.807, 2.05) is 29.5 Å². The van der Waals surface area contributed by atoms with Gasteiger partial charge < -0.3 is 4.57 Å². The smallest absolute Gasteiger partial charge is 0.270 e. The molecule has 0 bridgehead atoms. The van der Waals surface area contributed by atoms with Crippen molar-refractivity contribution in [1.29, 1.82) is 5.26 Å². The van der Waals surface area contributed by atoms with Crippen LogP contribution in [0.5, 0.6) is 0 Å². The molecule has 4 aromatic carbocycles. The first-order chi connectivity index (χ1) is 19.0. The minimum absolute atomic E-state index is 0.134. The van der Waals surface area contributed by atoms with Gasteiger partial charge in [0.15, 0.2) is 0 Å². The predicted octanol–water partition coefficient (Wildman–Crippen LogP) is 9.33. The van der Waals surface area contributed by atoms with Crippen LogP contribution in [-0.2, 0) is 5.41 Å². The lowest BCUT2D eigenvalue weighted by Crippen LogP contribution is -2.24. The Morgan fingerprint density at radius 2 is 1.56 bits per heavy atom. The van der Waals surface area contributed by atoms with E-state index in [0.717, 1.165) is 33.4 Å². The lowest BCUT2D eigenvalue weighted by atomic mass is 9.76. The molecule has 4 heteroatoms. The number of hydrogen-bond donors (Lipinski definition) is 0. The summed E-state index contributed by atoms with van der Waals surface area (Å²) >= 11 is 1.84. The Kier molecular flexibility index (Phi) is 4.30. The number of aromatic nitrogens is 1. The molecule has 182 valence electrons. The lowest BCUT2D eigenvalue weighted by molar-refractivity contribution is 0.635. The summed E-state index contributed by atoms with van der Waals surface area (Å²) in [4.78, 5) is 4.77. The van der Waals surface area contributed by atoms with Crippen LogP contribution in [0.2, 0.25) is 0 Å². The topological polar surface area (TPSA) is 33.1 Å². The summed E-state index contributed by atoms with van der Waals surface area (Å²) in [5.74, 6) is 0. The average molecular weight is 516 g/mol. The maximum absolute atomic E-state index is 9.68. The molecule has 0 saturated carbocycles. The maximum Gasteiger partial charge on any atom is 0.270 e. The second-order valence-corrected chi connectivity index (χ2v) is 11.8. The number of hydrogen-bond acceptors (Lipinski definition) is 2. The highest BCUT2D eigenvalue weighted by atomic mass is 32.1. The second-order valence-electron chi connectivity index (χ2n) is 10.8. The Labute approximate surface area is 230 Å². The zero-order chi connectivity index (χ0) is 26.5. The van der Waals surface area contributed by atoms with Gasteiger partial charge in [0.2, 0.25) is 0 Å². The monoisotopic (exact) mass is 515 g/mol. The Hall–Kier alpha value is -4.90. The van der Waals surface area contributed by atoms with Crippen molar-refractivity contribution in [2.45, 2.75) is 19.3 Å². The fraction of sp³-hybridized carbons (Fsp3) is 0.0857. The summed E-state index contributed by atoms with van der Waals surface area (Å²) < 4.78 is 2.47. The first-order valence-corrected chi connectivity index (χ1v) is 13.8. The SMILES string of the molecule is [C-]#[N+]/C(C#N)=C1/c2ccccc2-c2cc(-c3cc4c(s3)-n3c5ccccc5c5cccc(c53)C4(C)C)ccc21. The van der Waals surface area contributed by atoms with Gasteiger partial charge in [0.1, 0.15) is 5.00 Å². The molecule has 2 aromatic heterocycles. The molecule has 0 N–H and O–H groups in total. The number of nitrogens with zero attached hydrogens (tertiary/aromatic N) is 3. The Morgan fingerprint density at radius 3 is 2.38 bits per heavy atom. The van der Waals surface area contributed by atoms with Gasteiger partial charge in [-0.3, -0.25) is 0 Å². The van der Waals surface area contributed by atoms with E-state index >= 15 is 0 Å². The minimum atomic E-state index is -0.134. The van der Waals surface area contributed by atoms with E-state index < -0.39 is 0 Å². The largest absolute Gasteiger partial charge is 0.300 e. The molecule has 8 rings (SSSR count). The highest BCUT2D eigenvalue weighted by Crippen LogP contribution is 2.53. The molecule has 0 fully saturated rings. The highest BCUT2D eigenvalue weighted by Gasteiger charge is 2.37. The molecule has 2 aliphatic rings. The fourth-order valence-corrected chi connectivity index (χ4v) is 7.96. The van der Waals surface area contributed by atoms with Crippen molar-refractivity contribution in [3.63, 3.8) is 0 Å². The van der Waals surface area contributed by atoms with Gasteiger partial charge in [0.25, 0.3) is 5.70 Å². The van der Waals surface area contributed by atoms with Crippen molar-refractivity contribution in [2.24, 2.45) is 0 Å². The van der Waals surface area contributed by atoms with Gasteiger partial charge in [0, 0.05) is 26.6 Å². The van der Waals surface area contributed by atoms with E-state index in [1.54, 1.807) is 0 Å². The Morgan fingerprint density at radius 1 is 0.821 bits per heavy atom. The third kappa shape index (κ3) is 2.74. The molecular formula is C35H21N3S. The van der Waals surface area contributed by atoms with Crippen molar-refractivity contribution >= 4 is 38.7 Å². The van der Waals surface area contributed by atoms with E-state index in [4.69, 9.17) is 6.57 Å². The van der Waals surface area contributed by atoms with Gasteiger partial charge in [-0.15, -0.1) is 11.3 Å². The van der Waals surface area contributed by atoms with Crippen LogP contribution in [0.4, 0.5) is 0 Å². The van der Waals surface area contributed by atoms with Crippen LogP contribution in [-0.4, -0.2) is 4.57 Å². The minimum Gasteiger partial charge on any atom is -0.300 e. The number of allylic oxidation sites excluding steroid dienone is 1. The first-order valence-electron chi connectivity index (χ1n) is 13.0. The molecule has 0 spiro atoms. The maximum atomic E-state index is 9.68.